The van der Waals surface area contributed by atoms with E-state index in [0.717, 1.165) is 18.2 Å². The molecule has 0 amide bonds. The van der Waals surface area contributed by atoms with Crippen molar-refractivity contribution < 1.29 is 14.8 Å². The van der Waals surface area contributed by atoms with Crippen LogP contribution in [0.2, 0.25) is 0 Å². The van der Waals surface area contributed by atoms with Gasteiger partial charge in [0.15, 0.2) is 0 Å². The van der Waals surface area contributed by atoms with Crippen molar-refractivity contribution in [2.45, 2.75) is 26.3 Å². The number of carboxylic acid groups (broad SMARTS) is 1. The van der Waals surface area contributed by atoms with Crippen LogP contribution in [0.15, 0.2) is 12.1 Å². The molecule has 1 unspecified atom stereocenters. The highest BCUT2D eigenvalue weighted by atomic mass is 32.2. The number of thioether (sulfide) groups is 1. The smallest absolute Gasteiger partial charge is 0.336 e. The minimum Gasteiger partial charge on any atom is -0.478 e. The Labute approximate surface area is 128 Å². The number of nitrogens with zero attached hydrogens (tertiary/aromatic N) is 2. The van der Waals surface area contributed by atoms with Crippen molar-refractivity contribution in [2.75, 3.05) is 24.0 Å². The van der Waals surface area contributed by atoms with E-state index in [-0.39, 0.29) is 17.3 Å². The first-order valence-electron chi connectivity index (χ1n) is 6.53. The third kappa shape index (κ3) is 4.10. The Morgan fingerprint density at radius 3 is 2.62 bits per heavy atom. The fraction of sp³-hybridized carbons (Fsp3) is 0.500. The van der Waals surface area contributed by atoms with E-state index in [0.29, 0.717) is 11.3 Å². The van der Waals surface area contributed by atoms with E-state index in [1.54, 1.807) is 18.7 Å². The van der Waals surface area contributed by atoms with Gasteiger partial charge in [0.05, 0.1) is 16.1 Å². The van der Waals surface area contributed by atoms with E-state index in [9.17, 15) is 14.9 Å². The molecule has 1 aromatic rings. The lowest BCUT2D eigenvalue weighted by molar-refractivity contribution is -0.385. The van der Waals surface area contributed by atoms with Crippen molar-refractivity contribution in [3.05, 3.63) is 33.4 Å². The SMILES string of the molecule is CSCCC(C)N(C)c1cc(C(=O)O)cc([N+](=O)[O-])c1C. The van der Waals surface area contributed by atoms with E-state index in [1.165, 1.54) is 6.07 Å². The van der Waals surface area contributed by atoms with Crippen LogP contribution in [0.3, 0.4) is 0 Å². The number of hydrogen-bond donors (Lipinski definition) is 1. The first-order valence-corrected chi connectivity index (χ1v) is 7.93. The van der Waals surface area contributed by atoms with Gasteiger partial charge in [0.25, 0.3) is 5.69 Å². The van der Waals surface area contributed by atoms with E-state index in [4.69, 9.17) is 5.11 Å². The van der Waals surface area contributed by atoms with Gasteiger partial charge in [0, 0.05) is 24.8 Å². The second-order valence-corrected chi connectivity index (χ2v) is 5.93. The molecule has 0 saturated heterocycles. The summed E-state index contributed by atoms with van der Waals surface area (Å²) >= 11 is 1.73. The molecule has 1 atom stereocenters. The molecule has 0 saturated carbocycles. The minimum atomic E-state index is -1.16. The first-order chi connectivity index (χ1) is 9.79. The molecule has 1 aromatic carbocycles. The van der Waals surface area contributed by atoms with Gasteiger partial charge in [0.2, 0.25) is 0 Å². The molecule has 0 aliphatic heterocycles. The van der Waals surface area contributed by atoms with Crippen molar-refractivity contribution in [2.24, 2.45) is 0 Å². The summed E-state index contributed by atoms with van der Waals surface area (Å²) in [4.78, 5) is 23.6. The standard InChI is InChI=1S/C14H20N2O4S/c1-9(5-6-21-4)15(3)12-7-11(14(17)18)8-13(10(12)2)16(19)20/h7-9H,5-6H2,1-4H3,(H,17,18). The Kier molecular flexibility index (Phi) is 6.02. The highest BCUT2D eigenvalue weighted by molar-refractivity contribution is 7.98. The number of carboxylic acids is 1. The van der Waals surface area contributed by atoms with Crippen molar-refractivity contribution in [1.29, 1.82) is 0 Å². The molecule has 6 nitrogen and oxygen atoms in total. The molecule has 1 rings (SSSR count). The number of carbonyl (C=O) groups is 1. The summed E-state index contributed by atoms with van der Waals surface area (Å²) in [5, 5.41) is 20.2. The fourth-order valence-corrected chi connectivity index (χ4v) is 2.66. The molecule has 0 aliphatic rings. The highest BCUT2D eigenvalue weighted by Gasteiger charge is 2.22. The second-order valence-electron chi connectivity index (χ2n) is 4.94. The average Bonchev–Trinajstić information content (AvgIpc) is 2.43. The van der Waals surface area contributed by atoms with Crippen molar-refractivity contribution >= 4 is 29.1 Å². The van der Waals surface area contributed by atoms with Crippen LogP contribution in [0, 0.1) is 17.0 Å². The van der Waals surface area contributed by atoms with E-state index in [2.05, 4.69) is 0 Å². The zero-order valence-corrected chi connectivity index (χ0v) is 13.4. The maximum atomic E-state index is 11.2. The predicted molar refractivity (Wildman–Crippen MR) is 85.7 cm³/mol. The molecule has 0 aromatic heterocycles. The Morgan fingerprint density at radius 2 is 2.14 bits per heavy atom. The predicted octanol–water partition coefficient (Wildman–Crippen LogP) is 3.18. The summed E-state index contributed by atoms with van der Waals surface area (Å²) in [7, 11) is 1.84. The lowest BCUT2D eigenvalue weighted by atomic mass is 10.0. The first kappa shape index (κ1) is 17.3. The maximum Gasteiger partial charge on any atom is 0.336 e. The number of rotatable bonds is 7. The van der Waals surface area contributed by atoms with Crippen molar-refractivity contribution in [3.8, 4) is 0 Å². The molecule has 7 heteroatoms. The normalized spacial score (nSPS) is 12.0. The van der Waals surface area contributed by atoms with Gasteiger partial charge in [-0.05, 0) is 38.3 Å². The van der Waals surface area contributed by atoms with Crippen LogP contribution >= 0.6 is 11.8 Å². The minimum absolute atomic E-state index is 0.0637. The van der Waals surface area contributed by atoms with Crippen LogP contribution in [0.25, 0.3) is 0 Å². The Hall–Kier alpha value is -1.76. The zero-order valence-electron chi connectivity index (χ0n) is 12.6. The second kappa shape index (κ2) is 7.31. The Bertz CT molecular complexity index is 548. The Morgan fingerprint density at radius 1 is 1.52 bits per heavy atom. The third-order valence-corrected chi connectivity index (χ3v) is 4.22. The summed E-state index contributed by atoms with van der Waals surface area (Å²) in [5.41, 5.74) is 0.860. The van der Waals surface area contributed by atoms with Crippen molar-refractivity contribution in [3.63, 3.8) is 0 Å². The van der Waals surface area contributed by atoms with E-state index >= 15 is 0 Å². The summed E-state index contributed by atoms with van der Waals surface area (Å²) in [6.07, 6.45) is 2.94. The topological polar surface area (TPSA) is 83.7 Å². The summed E-state index contributed by atoms with van der Waals surface area (Å²) < 4.78 is 0. The van der Waals surface area contributed by atoms with Crippen molar-refractivity contribution in [1.82, 2.24) is 0 Å². The van der Waals surface area contributed by atoms with Crippen LogP contribution < -0.4 is 4.90 Å². The number of benzene rings is 1. The number of nitro benzene ring substituents is 1. The zero-order chi connectivity index (χ0) is 16.2. The van der Waals surface area contributed by atoms with Crippen LogP contribution in [-0.2, 0) is 0 Å². The number of anilines is 1. The summed E-state index contributed by atoms with van der Waals surface area (Å²) in [6, 6.07) is 2.78. The molecule has 21 heavy (non-hydrogen) atoms. The van der Waals surface area contributed by atoms with Gasteiger partial charge in [0.1, 0.15) is 0 Å². The molecule has 0 radical (unpaired) electrons. The summed E-state index contributed by atoms with van der Waals surface area (Å²) in [6.45, 7) is 3.67. The lowest BCUT2D eigenvalue weighted by Gasteiger charge is -2.28. The molecule has 116 valence electrons. The largest absolute Gasteiger partial charge is 0.478 e. The van der Waals surface area contributed by atoms with Gasteiger partial charge in [-0.3, -0.25) is 10.1 Å². The third-order valence-electron chi connectivity index (χ3n) is 3.58. The molecular weight excluding hydrogens is 292 g/mol. The van der Waals surface area contributed by atoms with E-state index in [1.807, 2.05) is 25.1 Å². The van der Waals surface area contributed by atoms with Crippen LogP contribution in [0.4, 0.5) is 11.4 Å². The maximum absolute atomic E-state index is 11.2. The molecule has 0 aliphatic carbocycles. The van der Waals surface area contributed by atoms with Gasteiger partial charge in [-0.15, -0.1) is 0 Å². The molecular formula is C14H20N2O4S. The number of nitro groups is 1. The molecule has 0 heterocycles. The fourth-order valence-electron chi connectivity index (χ4n) is 2.08. The number of hydrogen-bond acceptors (Lipinski definition) is 5. The monoisotopic (exact) mass is 312 g/mol. The van der Waals surface area contributed by atoms with Gasteiger partial charge in [-0.2, -0.15) is 11.8 Å². The average molecular weight is 312 g/mol. The van der Waals surface area contributed by atoms with Gasteiger partial charge in [-0.1, -0.05) is 0 Å². The van der Waals surface area contributed by atoms with E-state index < -0.39 is 10.9 Å². The van der Waals surface area contributed by atoms with Gasteiger partial charge in [-0.25, -0.2) is 4.79 Å². The van der Waals surface area contributed by atoms with Crippen LogP contribution in [0.5, 0.6) is 0 Å². The molecule has 0 fully saturated rings. The van der Waals surface area contributed by atoms with Gasteiger partial charge < -0.3 is 10.0 Å². The molecule has 0 spiro atoms. The van der Waals surface area contributed by atoms with Gasteiger partial charge >= 0.3 is 5.97 Å². The lowest BCUT2D eigenvalue weighted by Crippen LogP contribution is -2.30. The Balaban J connectivity index is 3.27. The highest BCUT2D eigenvalue weighted by Crippen LogP contribution is 2.31. The summed E-state index contributed by atoms with van der Waals surface area (Å²) in [5.74, 6) is -0.185. The number of aromatic carboxylic acids is 1. The molecule has 0 bridgehead atoms. The van der Waals surface area contributed by atoms with Crippen LogP contribution in [-0.4, -0.2) is 41.1 Å². The van der Waals surface area contributed by atoms with Crippen LogP contribution in [0.1, 0.15) is 29.3 Å². The molecule has 1 N–H and O–H groups in total. The quantitative estimate of drug-likeness (QED) is 0.615.